The van der Waals surface area contributed by atoms with E-state index in [1.807, 2.05) is 30.0 Å². The maximum absolute atomic E-state index is 13.2. The van der Waals surface area contributed by atoms with Gasteiger partial charge in [0.1, 0.15) is 5.82 Å². The number of aromatic nitrogens is 2. The van der Waals surface area contributed by atoms with Crippen molar-refractivity contribution in [1.82, 2.24) is 9.97 Å². The van der Waals surface area contributed by atoms with E-state index in [2.05, 4.69) is 14.9 Å². The molecule has 1 aliphatic rings. The number of hydrogen-bond acceptors (Lipinski definition) is 6. The third-order valence-electron chi connectivity index (χ3n) is 4.43. The average Bonchev–Trinajstić information content (AvgIpc) is 2.67. The van der Waals surface area contributed by atoms with Crippen LogP contribution in [0.4, 0.5) is 30.6 Å². The third-order valence-corrected chi connectivity index (χ3v) is 4.43. The number of piperazine rings is 1. The highest BCUT2D eigenvalue weighted by Crippen LogP contribution is 2.34. The number of nitrogens with zero attached hydrogens (tertiary/aromatic N) is 6. The van der Waals surface area contributed by atoms with Gasteiger partial charge in [-0.05, 0) is 24.3 Å². The molecule has 27 heavy (non-hydrogen) atoms. The van der Waals surface area contributed by atoms with Gasteiger partial charge in [0.15, 0.2) is 0 Å². The summed E-state index contributed by atoms with van der Waals surface area (Å²) >= 11 is 0. The van der Waals surface area contributed by atoms with Crippen molar-refractivity contribution in [2.75, 3.05) is 55.0 Å². The molecular weight excluding hydrogens is 357 g/mol. The summed E-state index contributed by atoms with van der Waals surface area (Å²) in [6.07, 6.45) is -2.85. The van der Waals surface area contributed by atoms with Gasteiger partial charge in [0.25, 0.3) is 0 Å². The molecule has 2 aromatic rings. The SMILES string of the molecule is CN(C)c1nccc(N2CCN(c3ccc(C#N)c(C(F)(F)F)c3)CC2)n1. The van der Waals surface area contributed by atoms with Gasteiger partial charge in [-0.25, -0.2) is 4.98 Å². The van der Waals surface area contributed by atoms with Gasteiger partial charge in [-0.1, -0.05) is 0 Å². The first-order valence-corrected chi connectivity index (χ1v) is 8.41. The van der Waals surface area contributed by atoms with E-state index in [4.69, 9.17) is 5.26 Å². The Bertz CT molecular complexity index is 851. The van der Waals surface area contributed by atoms with E-state index in [9.17, 15) is 13.2 Å². The fourth-order valence-electron chi connectivity index (χ4n) is 2.99. The summed E-state index contributed by atoms with van der Waals surface area (Å²) in [6.45, 7) is 2.38. The molecule has 1 fully saturated rings. The number of rotatable bonds is 3. The number of nitriles is 1. The van der Waals surface area contributed by atoms with Crippen molar-refractivity contribution in [2.45, 2.75) is 6.18 Å². The van der Waals surface area contributed by atoms with Crippen LogP contribution in [0.1, 0.15) is 11.1 Å². The standard InChI is InChI=1S/C18H19F3N6/c1-25(2)17-23-6-5-16(24-17)27-9-7-26(8-10-27)14-4-3-13(12-22)15(11-14)18(19,20)21/h3-6,11H,7-10H2,1-2H3. The molecule has 1 saturated heterocycles. The highest BCUT2D eigenvalue weighted by atomic mass is 19.4. The lowest BCUT2D eigenvalue weighted by Gasteiger charge is -2.37. The molecule has 0 amide bonds. The van der Waals surface area contributed by atoms with Crippen molar-refractivity contribution in [3.8, 4) is 6.07 Å². The van der Waals surface area contributed by atoms with E-state index in [1.54, 1.807) is 18.3 Å². The molecule has 2 heterocycles. The quantitative estimate of drug-likeness (QED) is 0.821. The molecule has 0 aliphatic carbocycles. The first-order valence-electron chi connectivity index (χ1n) is 8.41. The summed E-state index contributed by atoms with van der Waals surface area (Å²) in [5.41, 5.74) is -0.781. The van der Waals surface area contributed by atoms with Gasteiger partial charge in [0, 0.05) is 52.2 Å². The smallest absolute Gasteiger partial charge is 0.368 e. The molecule has 9 heteroatoms. The molecule has 1 aliphatic heterocycles. The molecule has 1 aromatic carbocycles. The Balaban J connectivity index is 1.75. The number of hydrogen-bond donors (Lipinski definition) is 0. The second kappa shape index (κ2) is 7.31. The molecule has 6 nitrogen and oxygen atoms in total. The lowest BCUT2D eigenvalue weighted by atomic mass is 10.1. The normalized spacial score (nSPS) is 14.8. The molecule has 0 bridgehead atoms. The Morgan fingerprint density at radius 3 is 2.33 bits per heavy atom. The molecule has 142 valence electrons. The van der Waals surface area contributed by atoms with Gasteiger partial charge in [-0.3, -0.25) is 0 Å². The molecule has 3 rings (SSSR count). The Morgan fingerprint density at radius 2 is 1.74 bits per heavy atom. The minimum absolute atomic E-state index is 0.359. The van der Waals surface area contributed by atoms with E-state index in [1.165, 1.54) is 6.07 Å². The monoisotopic (exact) mass is 376 g/mol. The lowest BCUT2D eigenvalue weighted by molar-refractivity contribution is -0.137. The number of halogens is 3. The maximum atomic E-state index is 13.2. The first kappa shape index (κ1) is 18.8. The molecule has 1 aromatic heterocycles. The maximum Gasteiger partial charge on any atom is 0.417 e. The molecule has 0 unspecified atom stereocenters. The van der Waals surface area contributed by atoms with Gasteiger partial charge in [-0.15, -0.1) is 0 Å². The van der Waals surface area contributed by atoms with Crippen molar-refractivity contribution in [3.05, 3.63) is 41.6 Å². The second-order valence-electron chi connectivity index (χ2n) is 6.42. The van der Waals surface area contributed by atoms with Crippen LogP contribution in [0.5, 0.6) is 0 Å². The van der Waals surface area contributed by atoms with E-state index in [-0.39, 0.29) is 5.56 Å². The van der Waals surface area contributed by atoms with Crippen LogP contribution in [0.2, 0.25) is 0 Å². The molecule has 0 radical (unpaired) electrons. The Morgan fingerprint density at radius 1 is 1.07 bits per heavy atom. The molecular formula is C18H19F3N6. The summed E-state index contributed by atoms with van der Waals surface area (Å²) < 4.78 is 39.5. The van der Waals surface area contributed by atoms with Gasteiger partial charge >= 0.3 is 6.18 Å². The van der Waals surface area contributed by atoms with E-state index in [0.717, 1.165) is 11.9 Å². The highest BCUT2D eigenvalue weighted by molar-refractivity contribution is 5.56. The zero-order valence-electron chi connectivity index (χ0n) is 15.0. The van der Waals surface area contributed by atoms with Crippen LogP contribution in [0, 0.1) is 11.3 Å². The molecule has 0 N–H and O–H groups in total. The van der Waals surface area contributed by atoms with Crippen LogP contribution in [0.25, 0.3) is 0 Å². The van der Waals surface area contributed by atoms with Crippen LogP contribution in [0.3, 0.4) is 0 Å². The van der Waals surface area contributed by atoms with Crippen molar-refractivity contribution < 1.29 is 13.2 Å². The minimum atomic E-state index is -4.55. The largest absolute Gasteiger partial charge is 0.417 e. The zero-order chi connectivity index (χ0) is 19.6. The Hall–Kier alpha value is -3.02. The predicted octanol–water partition coefficient (Wildman–Crippen LogP) is 2.76. The lowest BCUT2D eigenvalue weighted by Crippen LogP contribution is -2.47. The zero-order valence-corrected chi connectivity index (χ0v) is 15.0. The van der Waals surface area contributed by atoms with Crippen molar-refractivity contribution in [1.29, 1.82) is 5.26 Å². The summed E-state index contributed by atoms with van der Waals surface area (Å²) in [4.78, 5) is 14.5. The fraction of sp³-hybridized carbons (Fsp3) is 0.389. The number of benzene rings is 1. The van der Waals surface area contributed by atoms with Gasteiger partial charge in [-0.2, -0.15) is 23.4 Å². The van der Waals surface area contributed by atoms with E-state index in [0.29, 0.717) is 37.8 Å². The summed E-state index contributed by atoms with van der Waals surface area (Å²) in [5, 5.41) is 8.92. The van der Waals surface area contributed by atoms with Crippen LogP contribution in [-0.4, -0.2) is 50.2 Å². The van der Waals surface area contributed by atoms with E-state index >= 15 is 0 Å². The third kappa shape index (κ3) is 4.05. The van der Waals surface area contributed by atoms with Crippen molar-refractivity contribution in [2.24, 2.45) is 0 Å². The minimum Gasteiger partial charge on any atom is -0.368 e. The summed E-state index contributed by atoms with van der Waals surface area (Å²) in [7, 11) is 3.72. The number of alkyl halides is 3. The molecule has 0 saturated carbocycles. The summed E-state index contributed by atoms with van der Waals surface area (Å²) in [6, 6.07) is 7.30. The fourth-order valence-corrected chi connectivity index (χ4v) is 2.99. The van der Waals surface area contributed by atoms with Gasteiger partial charge < -0.3 is 14.7 Å². The topological polar surface area (TPSA) is 59.3 Å². The second-order valence-corrected chi connectivity index (χ2v) is 6.42. The first-order chi connectivity index (χ1) is 12.8. The average molecular weight is 376 g/mol. The van der Waals surface area contributed by atoms with Crippen molar-refractivity contribution >= 4 is 17.5 Å². The van der Waals surface area contributed by atoms with Crippen LogP contribution in [-0.2, 0) is 6.18 Å². The number of anilines is 3. The van der Waals surface area contributed by atoms with Crippen molar-refractivity contribution in [3.63, 3.8) is 0 Å². The van der Waals surface area contributed by atoms with Gasteiger partial charge in [0.05, 0.1) is 17.2 Å². The highest BCUT2D eigenvalue weighted by Gasteiger charge is 2.34. The van der Waals surface area contributed by atoms with Crippen LogP contribution in [0.15, 0.2) is 30.5 Å². The molecule has 0 atom stereocenters. The van der Waals surface area contributed by atoms with Crippen LogP contribution < -0.4 is 14.7 Å². The van der Waals surface area contributed by atoms with E-state index < -0.39 is 11.7 Å². The van der Waals surface area contributed by atoms with Gasteiger partial charge in [0.2, 0.25) is 5.95 Å². The Kier molecular flexibility index (Phi) is 5.08. The van der Waals surface area contributed by atoms with Crippen LogP contribution >= 0.6 is 0 Å². The summed E-state index contributed by atoms with van der Waals surface area (Å²) in [5.74, 6) is 1.40. The molecule has 0 spiro atoms. The predicted molar refractivity (Wildman–Crippen MR) is 96.9 cm³/mol. The Labute approximate surface area is 155 Å².